The van der Waals surface area contributed by atoms with Crippen LogP contribution in [0, 0.1) is 5.92 Å². The number of amides is 1. The van der Waals surface area contributed by atoms with Crippen LogP contribution >= 0.6 is 24.0 Å². The molecule has 1 atom stereocenters. The molecular weight excluding hydrogens is 595 g/mol. The smallest absolute Gasteiger partial charge is 0.266 e. The number of hydrogen-bond donors (Lipinski definition) is 0. The summed E-state index contributed by atoms with van der Waals surface area (Å²) in [4.78, 5) is 16.0. The Hall–Kier alpha value is -4.20. The Labute approximate surface area is 274 Å². The Balaban J connectivity index is 1.26. The number of hydrogen-bond acceptors (Lipinski definition) is 5. The molecule has 228 valence electrons. The average molecular weight is 632 g/mol. The number of fused-ring (bicyclic) bond motifs is 1. The van der Waals surface area contributed by atoms with Gasteiger partial charge < -0.3 is 4.74 Å². The van der Waals surface area contributed by atoms with Gasteiger partial charge >= 0.3 is 0 Å². The molecule has 0 aliphatic carbocycles. The maximum Gasteiger partial charge on any atom is 0.266 e. The number of benzene rings is 4. The molecule has 0 N–H and O–H groups in total. The zero-order valence-electron chi connectivity index (χ0n) is 25.7. The number of para-hydroxylation sites is 1. The highest BCUT2D eigenvalue weighted by Gasteiger charge is 2.33. The van der Waals surface area contributed by atoms with Crippen LogP contribution in [-0.2, 0) is 11.4 Å². The quantitative estimate of drug-likeness (QED) is 0.101. The fourth-order valence-electron chi connectivity index (χ4n) is 5.69. The summed E-state index contributed by atoms with van der Waals surface area (Å²) in [7, 11) is 0. The Morgan fingerprint density at radius 2 is 1.69 bits per heavy atom. The first-order chi connectivity index (χ1) is 22.0. The van der Waals surface area contributed by atoms with Crippen LogP contribution in [0.25, 0.3) is 33.8 Å². The van der Waals surface area contributed by atoms with Gasteiger partial charge in [0.15, 0.2) is 0 Å². The van der Waals surface area contributed by atoms with Gasteiger partial charge in [0.05, 0.1) is 16.3 Å². The SMILES string of the molecule is CCCC[C@H](CC)CN1C(=O)/C(=C/c2cn(-c3ccccc3)nc2-c2ccc(OCc3cccc4ccccc34)cc2)SC1=S. The van der Waals surface area contributed by atoms with E-state index in [1.54, 1.807) is 4.90 Å². The number of unbranched alkanes of at least 4 members (excludes halogenated alkanes) is 1. The molecule has 1 amide bonds. The summed E-state index contributed by atoms with van der Waals surface area (Å²) in [5, 5.41) is 7.37. The van der Waals surface area contributed by atoms with Crippen LogP contribution in [0.15, 0.2) is 108 Å². The molecule has 0 radical (unpaired) electrons. The standard InChI is InChI=1S/C38H37N3O2S2/c1-3-5-12-27(4-2)24-40-37(42)35(45-38(40)44)23-31-25-41(32-16-7-6-8-17-32)39-36(31)29-19-21-33(22-20-29)43-26-30-15-11-14-28-13-9-10-18-34(28)30/h6-11,13-23,25,27H,3-5,12,24,26H2,1-2H3/b35-23-/t27-/m0/s1. The Morgan fingerprint density at radius 1 is 0.933 bits per heavy atom. The molecule has 2 heterocycles. The third-order valence-electron chi connectivity index (χ3n) is 8.31. The lowest BCUT2D eigenvalue weighted by Crippen LogP contribution is -2.33. The number of nitrogens with zero attached hydrogens (tertiary/aromatic N) is 3. The van der Waals surface area contributed by atoms with Gasteiger partial charge in [-0.3, -0.25) is 9.69 Å². The van der Waals surface area contributed by atoms with Crippen LogP contribution < -0.4 is 4.74 Å². The fraction of sp³-hybridized carbons (Fsp3) is 0.237. The highest BCUT2D eigenvalue weighted by molar-refractivity contribution is 8.26. The number of ether oxygens (including phenoxy) is 1. The minimum absolute atomic E-state index is 0.0180. The first kappa shape index (κ1) is 30.8. The van der Waals surface area contributed by atoms with Gasteiger partial charge in [-0.25, -0.2) is 4.68 Å². The number of aromatic nitrogens is 2. The first-order valence-corrected chi connectivity index (χ1v) is 16.9. The van der Waals surface area contributed by atoms with Crippen molar-refractivity contribution in [3.8, 4) is 22.7 Å². The van der Waals surface area contributed by atoms with E-state index < -0.39 is 0 Å². The Kier molecular flexibility index (Phi) is 9.77. The molecule has 1 aliphatic rings. The zero-order chi connectivity index (χ0) is 31.2. The van der Waals surface area contributed by atoms with Crippen molar-refractivity contribution in [2.45, 2.75) is 46.1 Å². The Bertz CT molecular complexity index is 1820. The number of thiocarbonyl (C=S) groups is 1. The third kappa shape index (κ3) is 7.05. The summed E-state index contributed by atoms with van der Waals surface area (Å²) in [5.74, 6) is 1.21. The normalized spacial score (nSPS) is 14.9. The van der Waals surface area contributed by atoms with Crippen molar-refractivity contribution >= 4 is 51.1 Å². The van der Waals surface area contributed by atoms with Gasteiger partial charge in [-0.1, -0.05) is 118 Å². The molecule has 1 aliphatic heterocycles. The zero-order valence-corrected chi connectivity index (χ0v) is 27.3. The summed E-state index contributed by atoms with van der Waals surface area (Å²) >= 11 is 7.07. The predicted octanol–water partition coefficient (Wildman–Crippen LogP) is 9.69. The molecule has 45 heavy (non-hydrogen) atoms. The lowest BCUT2D eigenvalue weighted by Gasteiger charge is -2.21. The van der Waals surface area contributed by atoms with Crippen LogP contribution in [0.5, 0.6) is 5.75 Å². The lowest BCUT2D eigenvalue weighted by molar-refractivity contribution is -0.122. The number of carbonyl (C=O) groups excluding carboxylic acids is 1. The van der Waals surface area contributed by atoms with Crippen LogP contribution in [0.2, 0.25) is 0 Å². The molecule has 0 saturated carbocycles. The molecule has 0 bridgehead atoms. The predicted molar refractivity (Wildman–Crippen MR) is 190 cm³/mol. The van der Waals surface area contributed by atoms with Gasteiger partial charge in [0.2, 0.25) is 0 Å². The van der Waals surface area contributed by atoms with Crippen molar-refractivity contribution in [2.75, 3.05) is 6.54 Å². The van der Waals surface area contributed by atoms with E-state index in [1.165, 1.54) is 22.5 Å². The number of rotatable bonds is 12. The van der Waals surface area contributed by atoms with Gasteiger partial charge in [0.1, 0.15) is 16.7 Å². The van der Waals surface area contributed by atoms with Gasteiger partial charge in [-0.15, -0.1) is 0 Å². The van der Waals surface area contributed by atoms with Crippen molar-refractivity contribution in [1.82, 2.24) is 14.7 Å². The molecule has 1 saturated heterocycles. The van der Waals surface area contributed by atoms with E-state index in [1.807, 2.05) is 71.6 Å². The Morgan fingerprint density at radius 3 is 2.47 bits per heavy atom. The van der Waals surface area contributed by atoms with Crippen LogP contribution in [0.1, 0.15) is 50.7 Å². The summed E-state index contributed by atoms with van der Waals surface area (Å²) in [5.41, 5.74) is 4.69. The van der Waals surface area contributed by atoms with Crippen LogP contribution in [0.4, 0.5) is 0 Å². The van der Waals surface area contributed by atoms with E-state index in [9.17, 15) is 4.79 Å². The number of thioether (sulfide) groups is 1. The molecule has 0 spiro atoms. The second kappa shape index (κ2) is 14.3. The minimum atomic E-state index is -0.0180. The fourth-order valence-corrected chi connectivity index (χ4v) is 6.96. The molecule has 5 nitrogen and oxygen atoms in total. The summed E-state index contributed by atoms with van der Waals surface area (Å²) in [6.07, 6.45) is 8.39. The second-order valence-corrected chi connectivity index (χ2v) is 13.0. The highest BCUT2D eigenvalue weighted by Crippen LogP contribution is 2.36. The minimum Gasteiger partial charge on any atom is -0.489 e. The van der Waals surface area contributed by atoms with Gasteiger partial charge in [0.25, 0.3) is 5.91 Å². The molecule has 1 fully saturated rings. The average Bonchev–Trinajstić information content (AvgIpc) is 3.62. The highest BCUT2D eigenvalue weighted by atomic mass is 32.2. The van der Waals surface area contributed by atoms with Crippen LogP contribution in [0.3, 0.4) is 0 Å². The second-order valence-electron chi connectivity index (χ2n) is 11.4. The van der Waals surface area contributed by atoms with Crippen molar-refractivity contribution in [3.63, 3.8) is 0 Å². The molecule has 1 aromatic heterocycles. The number of carbonyl (C=O) groups is 1. The van der Waals surface area contributed by atoms with Crippen molar-refractivity contribution < 1.29 is 9.53 Å². The molecule has 0 unspecified atom stereocenters. The largest absolute Gasteiger partial charge is 0.489 e. The van der Waals surface area contributed by atoms with Crippen molar-refractivity contribution in [1.29, 1.82) is 0 Å². The molecule has 7 heteroatoms. The van der Waals surface area contributed by atoms with E-state index in [4.69, 9.17) is 22.1 Å². The van der Waals surface area contributed by atoms with Gasteiger partial charge in [0, 0.05) is 23.9 Å². The maximum absolute atomic E-state index is 13.6. The summed E-state index contributed by atoms with van der Waals surface area (Å²) in [6, 6.07) is 32.7. The molecule has 6 rings (SSSR count). The first-order valence-electron chi connectivity index (χ1n) is 15.6. The van der Waals surface area contributed by atoms with E-state index >= 15 is 0 Å². The molecule has 5 aromatic rings. The van der Waals surface area contributed by atoms with Crippen LogP contribution in [-0.4, -0.2) is 31.5 Å². The molecular formula is C38H37N3O2S2. The van der Waals surface area contributed by atoms with Crippen molar-refractivity contribution in [2.24, 2.45) is 5.92 Å². The van der Waals surface area contributed by atoms with Gasteiger partial charge in [-0.2, -0.15) is 5.10 Å². The third-order valence-corrected chi connectivity index (χ3v) is 9.69. The molecule has 4 aromatic carbocycles. The topological polar surface area (TPSA) is 47.4 Å². The summed E-state index contributed by atoms with van der Waals surface area (Å²) < 4.78 is 8.70. The van der Waals surface area contributed by atoms with E-state index in [0.717, 1.165) is 59.5 Å². The lowest BCUT2D eigenvalue weighted by atomic mass is 9.99. The van der Waals surface area contributed by atoms with E-state index in [0.29, 0.717) is 28.3 Å². The summed E-state index contributed by atoms with van der Waals surface area (Å²) in [6.45, 7) is 5.55. The van der Waals surface area contributed by atoms with E-state index in [-0.39, 0.29) is 5.91 Å². The maximum atomic E-state index is 13.6. The monoisotopic (exact) mass is 631 g/mol. The van der Waals surface area contributed by atoms with E-state index in [2.05, 4.69) is 56.3 Å². The van der Waals surface area contributed by atoms with Crippen molar-refractivity contribution in [3.05, 3.63) is 119 Å². The van der Waals surface area contributed by atoms with Gasteiger partial charge in [-0.05, 0) is 71.1 Å².